The molecule has 0 radical (unpaired) electrons. The monoisotopic (exact) mass is 274 g/mol. The van der Waals surface area contributed by atoms with Crippen molar-refractivity contribution in [2.75, 3.05) is 6.61 Å². The van der Waals surface area contributed by atoms with Gasteiger partial charge in [0.15, 0.2) is 0 Å². The van der Waals surface area contributed by atoms with Gasteiger partial charge in [0, 0.05) is 0 Å². The molecule has 0 spiro atoms. The van der Waals surface area contributed by atoms with Crippen LogP contribution in [0.15, 0.2) is 42.2 Å². The fraction of sp³-hybridized carbons (Fsp3) is 0.375. The predicted molar refractivity (Wildman–Crippen MR) is 73.6 cm³/mol. The fourth-order valence-corrected chi connectivity index (χ4v) is 2.33. The summed E-state index contributed by atoms with van der Waals surface area (Å²) in [4.78, 5) is 24.1. The van der Waals surface area contributed by atoms with Crippen molar-refractivity contribution < 1.29 is 19.1 Å². The molecule has 1 aliphatic rings. The minimum atomic E-state index is -0.573. The number of carbonyl (C=O) groups is 2. The summed E-state index contributed by atoms with van der Waals surface area (Å²) in [5, 5.41) is 0. The van der Waals surface area contributed by atoms with Gasteiger partial charge in [0.2, 0.25) is 0 Å². The number of ether oxygens (including phenoxy) is 2. The van der Waals surface area contributed by atoms with E-state index in [2.05, 4.69) is 0 Å². The zero-order valence-corrected chi connectivity index (χ0v) is 11.7. The number of esters is 2. The molecule has 0 N–H and O–H groups in total. The van der Waals surface area contributed by atoms with E-state index in [1.807, 2.05) is 30.3 Å². The van der Waals surface area contributed by atoms with Crippen molar-refractivity contribution >= 4 is 11.9 Å². The number of hydrogen-bond donors (Lipinski definition) is 0. The fourth-order valence-electron chi connectivity index (χ4n) is 2.33. The van der Waals surface area contributed by atoms with Gasteiger partial charge in [0.25, 0.3) is 0 Å². The van der Waals surface area contributed by atoms with Gasteiger partial charge in [-0.3, -0.25) is 9.59 Å². The third-order valence-corrected chi connectivity index (χ3v) is 3.27. The molecule has 0 saturated carbocycles. The van der Waals surface area contributed by atoms with E-state index >= 15 is 0 Å². The first-order valence-electron chi connectivity index (χ1n) is 6.72. The first-order valence-corrected chi connectivity index (χ1v) is 6.72. The molecule has 1 aliphatic heterocycles. The van der Waals surface area contributed by atoms with Crippen LogP contribution in [-0.2, 0) is 25.5 Å². The average molecular weight is 274 g/mol. The zero-order chi connectivity index (χ0) is 14.5. The molecule has 0 amide bonds. The Kier molecular flexibility index (Phi) is 4.56. The molecule has 2 rings (SSSR count). The second-order valence-corrected chi connectivity index (χ2v) is 4.77. The Morgan fingerprint density at radius 2 is 2.00 bits per heavy atom. The van der Waals surface area contributed by atoms with Crippen LogP contribution in [0.2, 0.25) is 0 Å². The second-order valence-electron chi connectivity index (χ2n) is 4.77. The Morgan fingerprint density at radius 3 is 2.65 bits per heavy atom. The van der Waals surface area contributed by atoms with Crippen molar-refractivity contribution in [3.8, 4) is 0 Å². The Hall–Kier alpha value is -2.10. The normalized spacial score (nSPS) is 21.9. The Balaban J connectivity index is 2.22. The largest absolute Gasteiger partial charge is 0.466 e. The van der Waals surface area contributed by atoms with Crippen molar-refractivity contribution in [2.45, 2.75) is 20.3 Å². The maximum absolute atomic E-state index is 12.1. The Bertz CT molecular complexity index is 519. The van der Waals surface area contributed by atoms with Gasteiger partial charge in [0.1, 0.15) is 5.76 Å². The summed E-state index contributed by atoms with van der Waals surface area (Å²) in [6, 6.07) is 9.59. The molecule has 4 heteroatoms. The molecule has 0 aliphatic carbocycles. The third-order valence-electron chi connectivity index (χ3n) is 3.27. The standard InChI is InChI=1S/C16H18O4/c1-3-19-15(17)13-9-11(2)20-16(18)14(13)10-12-7-5-4-6-8-12/h4-9,13-14H,3,10H2,1-2H3/t13-,14-/m1/s1. The molecule has 106 valence electrons. The van der Waals surface area contributed by atoms with Crippen molar-refractivity contribution in [3.05, 3.63) is 47.7 Å². The zero-order valence-electron chi connectivity index (χ0n) is 11.7. The first-order chi connectivity index (χ1) is 9.61. The summed E-state index contributed by atoms with van der Waals surface area (Å²) < 4.78 is 10.2. The van der Waals surface area contributed by atoms with Crippen LogP contribution in [0, 0.1) is 11.8 Å². The molecule has 4 nitrogen and oxygen atoms in total. The molecule has 2 atom stereocenters. The lowest BCUT2D eigenvalue weighted by atomic mass is 9.85. The summed E-state index contributed by atoms with van der Waals surface area (Å²) in [6.45, 7) is 3.72. The van der Waals surface area contributed by atoms with Gasteiger partial charge in [-0.15, -0.1) is 0 Å². The molecule has 1 aromatic rings. The summed E-state index contributed by atoms with van der Waals surface area (Å²) >= 11 is 0. The first kappa shape index (κ1) is 14.3. The molecule has 0 fully saturated rings. The highest BCUT2D eigenvalue weighted by atomic mass is 16.5. The lowest BCUT2D eigenvalue weighted by molar-refractivity contribution is -0.158. The van der Waals surface area contributed by atoms with E-state index in [1.54, 1.807) is 19.9 Å². The highest BCUT2D eigenvalue weighted by molar-refractivity contribution is 5.85. The Morgan fingerprint density at radius 1 is 1.30 bits per heavy atom. The van der Waals surface area contributed by atoms with Gasteiger partial charge in [-0.25, -0.2) is 0 Å². The molecule has 1 aromatic carbocycles. The van der Waals surface area contributed by atoms with E-state index in [-0.39, 0.29) is 11.9 Å². The highest BCUT2D eigenvalue weighted by Crippen LogP contribution is 2.28. The summed E-state index contributed by atoms with van der Waals surface area (Å²) in [5.74, 6) is -1.38. The van der Waals surface area contributed by atoms with Gasteiger partial charge in [-0.1, -0.05) is 30.3 Å². The average Bonchev–Trinajstić information content (AvgIpc) is 2.43. The topological polar surface area (TPSA) is 52.6 Å². The number of cyclic esters (lactones) is 1. The molecule has 0 bridgehead atoms. The number of hydrogen-bond acceptors (Lipinski definition) is 4. The van der Waals surface area contributed by atoms with Crippen molar-refractivity contribution in [2.24, 2.45) is 11.8 Å². The van der Waals surface area contributed by atoms with Crippen molar-refractivity contribution in [3.63, 3.8) is 0 Å². The van der Waals surface area contributed by atoms with Gasteiger partial charge in [-0.05, 0) is 31.9 Å². The van der Waals surface area contributed by atoms with Crippen LogP contribution in [0.3, 0.4) is 0 Å². The van der Waals surface area contributed by atoms with Crippen LogP contribution in [0.5, 0.6) is 0 Å². The number of carbonyl (C=O) groups excluding carboxylic acids is 2. The van der Waals surface area contributed by atoms with Crippen LogP contribution in [0.1, 0.15) is 19.4 Å². The number of rotatable bonds is 4. The van der Waals surface area contributed by atoms with Gasteiger partial charge in [0.05, 0.1) is 18.4 Å². The number of allylic oxidation sites excluding steroid dienone is 1. The molecular formula is C16H18O4. The molecule has 0 aromatic heterocycles. The third kappa shape index (κ3) is 3.26. The summed E-state index contributed by atoms with van der Waals surface area (Å²) in [7, 11) is 0. The minimum absolute atomic E-state index is 0.301. The van der Waals surface area contributed by atoms with Gasteiger partial charge in [-0.2, -0.15) is 0 Å². The smallest absolute Gasteiger partial charge is 0.315 e. The van der Waals surface area contributed by atoms with Crippen molar-refractivity contribution in [1.82, 2.24) is 0 Å². The quantitative estimate of drug-likeness (QED) is 0.791. The lowest BCUT2D eigenvalue weighted by Crippen LogP contribution is -2.36. The minimum Gasteiger partial charge on any atom is -0.466 e. The van der Waals surface area contributed by atoms with E-state index in [4.69, 9.17) is 9.47 Å². The second kappa shape index (κ2) is 6.37. The van der Waals surface area contributed by atoms with Gasteiger partial charge < -0.3 is 9.47 Å². The van der Waals surface area contributed by atoms with Crippen LogP contribution < -0.4 is 0 Å². The van der Waals surface area contributed by atoms with Crippen molar-refractivity contribution in [1.29, 1.82) is 0 Å². The van der Waals surface area contributed by atoms with E-state index in [1.165, 1.54) is 0 Å². The maximum Gasteiger partial charge on any atom is 0.315 e. The van der Waals surface area contributed by atoms with Gasteiger partial charge >= 0.3 is 11.9 Å². The summed E-state index contributed by atoms with van der Waals surface area (Å²) in [5.41, 5.74) is 0.997. The molecular weight excluding hydrogens is 256 g/mol. The van der Waals surface area contributed by atoms with Crippen LogP contribution in [0.4, 0.5) is 0 Å². The maximum atomic E-state index is 12.1. The SMILES string of the molecule is CCOC(=O)[C@@H]1C=C(C)OC(=O)[C@@H]1Cc1ccccc1. The molecule has 0 unspecified atom stereocenters. The lowest BCUT2D eigenvalue weighted by Gasteiger charge is -2.26. The van der Waals surface area contributed by atoms with E-state index in [0.717, 1.165) is 5.56 Å². The van der Waals surface area contributed by atoms with E-state index in [0.29, 0.717) is 18.8 Å². The van der Waals surface area contributed by atoms with Crippen LogP contribution >= 0.6 is 0 Å². The van der Waals surface area contributed by atoms with Crippen LogP contribution in [0.25, 0.3) is 0 Å². The number of benzene rings is 1. The predicted octanol–water partition coefficient (Wildman–Crippen LogP) is 2.49. The molecule has 20 heavy (non-hydrogen) atoms. The van der Waals surface area contributed by atoms with E-state index in [9.17, 15) is 9.59 Å². The molecule has 0 saturated heterocycles. The molecule has 1 heterocycles. The van der Waals surface area contributed by atoms with E-state index < -0.39 is 11.8 Å². The summed E-state index contributed by atoms with van der Waals surface area (Å²) in [6.07, 6.45) is 2.14. The van der Waals surface area contributed by atoms with Crippen LogP contribution in [-0.4, -0.2) is 18.5 Å². The highest BCUT2D eigenvalue weighted by Gasteiger charge is 2.38. The Labute approximate surface area is 118 Å².